The van der Waals surface area contributed by atoms with Gasteiger partial charge in [0.05, 0.1) is 0 Å². The molecular weight excluding hydrogens is 256 g/mol. The van der Waals surface area contributed by atoms with Gasteiger partial charge in [-0.05, 0) is 50.3 Å². The monoisotopic (exact) mass is 281 g/mol. The average molecular weight is 281 g/mol. The maximum Gasteiger partial charge on any atom is 0.133 e. The Bertz CT molecular complexity index is 451. The van der Waals surface area contributed by atoms with Crippen LogP contribution >= 0.6 is 0 Å². The van der Waals surface area contributed by atoms with Crippen LogP contribution < -0.4 is 5.32 Å². The van der Waals surface area contributed by atoms with Gasteiger partial charge in [-0.3, -0.25) is 0 Å². The molecule has 20 heavy (non-hydrogen) atoms. The maximum atomic E-state index is 14.3. The predicted molar refractivity (Wildman–Crippen MR) is 78.6 cm³/mol. The molecular formula is C17H25F2N. The standard InChI is InChI=1S/C17H25F2N/c1-4-12-6-8-13(9-7-12)17(20-3)15-14(18)10-5-11(2)16(15)19/h5,10,12-13,17,20H,4,6-9H2,1-3H3. The van der Waals surface area contributed by atoms with Gasteiger partial charge in [0.25, 0.3) is 0 Å². The Morgan fingerprint density at radius 1 is 1.20 bits per heavy atom. The van der Waals surface area contributed by atoms with Gasteiger partial charge in [-0.15, -0.1) is 0 Å². The second kappa shape index (κ2) is 6.66. The highest BCUT2D eigenvalue weighted by molar-refractivity contribution is 5.29. The third-order valence-corrected chi connectivity index (χ3v) is 4.88. The van der Waals surface area contributed by atoms with Gasteiger partial charge in [-0.2, -0.15) is 0 Å². The lowest BCUT2D eigenvalue weighted by atomic mass is 9.75. The molecule has 1 nitrogen and oxygen atoms in total. The lowest BCUT2D eigenvalue weighted by molar-refractivity contribution is 0.218. The highest BCUT2D eigenvalue weighted by Gasteiger charge is 2.31. The van der Waals surface area contributed by atoms with Crippen molar-refractivity contribution in [1.82, 2.24) is 5.32 Å². The van der Waals surface area contributed by atoms with E-state index in [4.69, 9.17) is 0 Å². The molecule has 1 aromatic rings. The van der Waals surface area contributed by atoms with Crippen LogP contribution in [0.5, 0.6) is 0 Å². The minimum absolute atomic E-state index is 0.215. The maximum absolute atomic E-state index is 14.3. The summed E-state index contributed by atoms with van der Waals surface area (Å²) >= 11 is 0. The summed E-state index contributed by atoms with van der Waals surface area (Å²) in [5.41, 5.74) is 0.747. The zero-order chi connectivity index (χ0) is 14.7. The topological polar surface area (TPSA) is 12.0 Å². The molecule has 0 radical (unpaired) electrons. The van der Waals surface area contributed by atoms with Crippen LogP contribution in [0.3, 0.4) is 0 Å². The third kappa shape index (κ3) is 3.03. The lowest BCUT2D eigenvalue weighted by Crippen LogP contribution is -2.30. The van der Waals surface area contributed by atoms with Crippen molar-refractivity contribution in [2.45, 2.75) is 52.0 Å². The van der Waals surface area contributed by atoms with Crippen molar-refractivity contribution < 1.29 is 8.78 Å². The van der Waals surface area contributed by atoms with Crippen molar-refractivity contribution >= 4 is 0 Å². The van der Waals surface area contributed by atoms with Crippen LogP contribution in [0, 0.1) is 30.4 Å². The normalized spacial score (nSPS) is 24.6. The van der Waals surface area contributed by atoms with E-state index in [2.05, 4.69) is 12.2 Å². The number of halogens is 2. The quantitative estimate of drug-likeness (QED) is 0.839. The van der Waals surface area contributed by atoms with Crippen LogP contribution in [-0.2, 0) is 0 Å². The molecule has 0 heterocycles. The number of hydrogen-bond donors (Lipinski definition) is 1. The van der Waals surface area contributed by atoms with E-state index >= 15 is 0 Å². The van der Waals surface area contributed by atoms with Gasteiger partial charge in [0, 0.05) is 11.6 Å². The molecule has 112 valence electrons. The van der Waals surface area contributed by atoms with Gasteiger partial charge >= 0.3 is 0 Å². The van der Waals surface area contributed by atoms with E-state index in [1.54, 1.807) is 14.0 Å². The fourth-order valence-corrected chi connectivity index (χ4v) is 3.51. The van der Waals surface area contributed by atoms with Crippen molar-refractivity contribution in [3.05, 3.63) is 34.9 Å². The van der Waals surface area contributed by atoms with E-state index < -0.39 is 5.82 Å². The minimum atomic E-state index is -0.426. The Morgan fingerprint density at radius 2 is 1.85 bits per heavy atom. The van der Waals surface area contributed by atoms with Gasteiger partial charge < -0.3 is 5.32 Å². The number of nitrogens with one attached hydrogen (secondary N) is 1. The Balaban J connectivity index is 2.23. The van der Waals surface area contributed by atoms with Gasteiger partial charge in [0.2, 0.25) is 0 Å². The molecule has 0 aromatic heterocycles. The average Bonchev–Trinajstić information content (AvgIpc) is 2.48. The van der Waals surface area contributed by atoms with Gasteiger partial charge in [0.1, 0.15) is 11.6 Å². The first-order valence-electron chi connectivity index (χ1n) is 7.70. The van der Waals surface area contributed by atoms with Gasteiger partial charge in [-0.1, -0.05) is 32.3 Å². The van der Waals surface area contributed by atoms with Crippen molar-refractivity contribution in [3.63, 3.8) is 0 Å². The van der Waals surface area contributed by atoms with Crippen LogP contribution in [0.1, 0.15) is 56.2 Å². The molecule has 1 atom stereocenters. The third-order valence-electron chi connectivity index (χ3n) is 4.88. The summed E-state index contributed by atoms with van der Waals surface area (Å²) in [7, 11) is 1.80. The molecule has 1 saturated carbocycles. The van der Waals surface area contributed by atoms with E-state index in [-0.39, 0.29) is 17.4 Å². The molecule has 0 saturated heterocycles. The summed E-state index contributed by atoms with van der Waals surface area (Å²) in [6.07, 6.45) is 5.67. The lowest BCUT2D eigenvalue weighted by Gasteiger charge is -2.34. The van der Waals surface area contributed by atoms with E-state index in [9.17, 15) is 8.78 Å². The Labute approximate surface area is 120 Å². The van der Waals surface area contributed by atoms with Gasteiger partial charge in [-0.25, -0.2) is 8.78 Å². The van der Waals surface area contributed by atoms with Crippen molar-refractivity contribution in [3.8, 4) is 0 Å². The first kappa shape index (κ1) is 15.4. The molecule has 0 aliphatic heterocycles. The summed E-state index contributed by atoms with van der Waals surface area (Å²) in [4.78, 5) is 0. The molecule has 0 spiro atoms. The zero-order valence-corrected chi connectivity index (χ0v) is 12.7. The molecule has 1 aliphatic rings. The van der Waals surface area contributed by atoms with Crippen molar-refractivity contribution in [1.29, 1.82) is 0 Å². The highest BCUT2D eigenvalue weighted by atomic mass is 19.1. The molecule has 0 amide bonds. The first-order chi connectivity index (χ1) is 9.58. The SMILES string of the molecule is CCC1CCC(C(NC)c2c(F)ccc(C)c2F)CC1. The van der Waals surface area contributed by atoms with Crippen LogP contribution in [0.25, 0.3) is 0 Å². The van der Waals surface area contributed by atoms with E-state index in [0.717, 1.165) is 18.8 Å². The van der Waals surface area contributed by atoms with Crippen LogP contribution in [0.4, 0.5) is 8.78 Å². The smallest absolute Gasteiger partial charge is 0.133 e. The molecule has 1 fully saturated rings. The van der Waals surface area contributed by atoms with E-state index in [0.29, 0.717) is 11.5 Å². The predicted octanol–water partition coefficient (Wildman–Crippen LogP) is 4.75. The Kier molecular flexibility index (Phi) is 5.14. The number of hydrogen-bond acceptors (Lipinski definition) is 1. The largest absolute Gasteiger partial charge is 0.313 e. The molecule has 0 bridgehead atoms. The van der Waals surface area contributed by atoms with E-state index in [1.165, 1.54) is 31.4 Å². The van der Waals surface area contributed by atoms with Crippen LogP contribution in [0.15, 0.2) is 12.1 Å². The second-order valence-corrected chi connectivity index (χ2v) is 6.05. The molecule has 1 N–H and O–H groups in total. The molecule has 2 rings (SSSR count). The summed E-state index contributed by atoms with van der Waals surface area (Å²) < 4.78 is 28.4. The van der Waals surface area contributed by atoms with Crippen molar-refractivity contribution in [2.75, 3.05) is 7.05 Å². The number of benzene rings is 1. The Hall–Kier alpha value is -0.960. The number of aryl methyl sites for hydroxylation is 1. The summed E-state index contributed by atoms with van der Waals surface area (Å²) in [6.45, 7) is 3.92. The molecule has 1 aromatic carbocycles. The molecule has 1 unspecified atom stereocenters. The van der Waals surface area contributed by atoms with Crippen LogP contribution in [-0.4, -0.2) is 7.05 Å². The van der Waals surface area contributed by atoms with E-state index in [1.807, 2.05) is 0 Å². The first-order valence-corrected chi connectivity index (χ1v) is 7.70. The molecule has 1 aliphatic carbocycles. The summed E-state index contributed by atoms with van der Waals surface area (Å²) in [5.74, 6) is 0.302. The second-order valence-electron chi connectivity index (χ2n) is 6.05. The van der Waals surface area contributed by atoms with Crippen LogP contribution in [0.2, 0.25) is 0 Å². The zero-order valence-electron chi connectivity index (χ0n) is 12.7. The van der Waals surface area contributed by atoms with Gasteiger partial charge in [0.15, 0.2) is 0 Å². The summed E-state index contributed by atoms with van der Waals surface area (Å²) in [6, 6.07) is 2.68. The summed E-state index contributed by atoms with van der Waals surface area (Å²) in [5, 5.41) is 3.15. The fraction of sp³-hybridized carbons (Fsp3) is 0.647. The fourth-order valence-electron chi connectivity index (χ4n) is 3.51. The van der Waals surface area contributed by atoms with Crippen molar-refractivity contribution in [2.24, 2.45) is 11.8 Å². The molecule has 3 heteroatoms. The highest BCUT2D eigenvalue weighted by Crippen LogP contribution is 2.39. The minimum Gasteiger partial charge on any atom is -0.313 e. The number of rotatable bonds is 4. The Morgan fingerprint density at radius 3 is 2.40 bits per heavy atom.